The van der Waals surface area contributed by atoms with Crippen molar-refractivity contribution in [2.75, 3.05) is 6.54 Å². The molecule has 0 radical (unpaired) electrons. The molecule has 3 heterocycles. The molecule has 1 amide bonds. The summed E-state index contributed by atoms with van der Waals surface area (Å²) >= 11 is 0. The van der Waals surface area contributed by atoms with Crippen molar-refractivity contribution in [3.8, 4) is 23.0 Å². The normalized spacial score (nSPS) is 13.3. The maximum absolute atomic E-state index is 14.1. The summed E-state index contributed by atoms with van der Waals surface area (Å²) in [5.41, 5.74) is 3.30. The lowest BCUT2D eigenvalue weighted by Crippen LogP contribution is -2.36. The molecule has 0 spiro atoms. The molecule has 1 aliphatic heterocycles. The molecule has 1 aliphatic rings. The van der Waals surface area contributed by atoms with E-state index in [1.54, 1.807) is 39.9 Å². The Kier molecular flexibility index (Phi) is 4.39. The van der Waals surface area contributed by atoms with Gasteiger partial charge in [-0.2, -0.15) is 5.10 Å². The van der Waals surface area contributed by atoms with E-state index in [-0.39, 0.29) is 23.3 Å². The van der Waals surface area contributed by atoms with Crippen molar-refractivity contribution in [2.45, 2.75) is 13.0 Å². The number of aromatic nitrogens is 4. The number of carbonyl (C=O) groups is 1. The maximum atomic E-state index is 14.1. The number of hydrogen-bond acceptors (Lipinski definition) is 5. The zero-order valence-corrected chi connectivity index (χ0v) is 16.2. The highest BCUT2D eigenvalue weighted by Gasteiger charge is 2.30. The van der Waals surface area contributed by atoms with Gasteiger partial charge in [-0.05, 0) is 24.3 Å². The lowest BCUT2D eigenvalue weighted by atomic mass is 10.0. The van der Waals surface area contributed by atoms with Crippen LogP contribution in [0.1, 0.15) is 21.6 Å². The number of fused-ring (bicyclic) bond motifs is 1. The summed E-state index contributed by atoms with van der Waals surface area (Å²) in [5.74, 6) is -0.168. The van der Waals surface area contributed by atoms with Gasteiger partial charge >= 0.3 is 0 Å². The Labute approximate surface area is 171 Å². The second-order valence-electron chi connectivity index (χ2n) is 7.13. The zero-order chi connectivity index (χ0) is 20.7. The Bertz CT molecular complexity index is 1230. The topological polar surface area (TPSA) is 77.1 Å². The fourth-order valence-electron chi connectivity index (χ4n) is 3.76. The molecule has 0 bridgehead atoms. The third-order valence-corrected chi connectivity index (χ3v) is 5.28. The van der Waals surface area contributed by atoms with E-state index < -0.39 is 5.82 Å². The molecule has 7 nitrogen and oxygen atoms in total. The van der Waals surface area contributed by atoms with Gasteiger partial charge in [0.2, 0.25) is 0 Å². The number of hydrogen-bond donors (Lipinski definition) is 0. The van der Waals surface area contributed by atoms with Crippen LogP contribution in [0.5, 0.6) is 0 Å². The number of rotatable bonds is 3. The molecular formula is C22H18FN5O2. The third kappa shape index (κ3) is 3.06. The molecular weight excluding hydrogens is 385 g/mol. The van der Waals surface area contributed by atoms with Crippen molar-refractivity contribution < 1.29 is 13.6 Å². The van der Waals surface area contributed by atoms with Gasteiger partial charge in [0.25, 0.3) is 17.7 Å². The fraction of sp³-hybridized carbons (Fsp3) is 0.182. The highest BCUT2D eigenvalue weighted by molar-refractivity contribution is 5.94. The lowest BCUT2D eigenvalue weighted by molar-refractivity contribution is 0.0733. The lowest BCUT2D eigenvalue weighted by Gasteiger charge is -2.27. The summed E-state index contributed by atoms with van der Waals surface area (Å²) in [6, 6.07) is 15.4. The first-order valence-electron chi connectivity index (χ1n) is 9.59. The molecule has 30 heavy (non-hydrogen) atoms. The van der Waals surface area contributed by atoms with Gasteiger partial charge in [0.1, 0.15) is 5.82 Å². The van der Waals surface area contributed by atoms with E-state index in [9.17, 15) is 9.18 Å². The van der Waals surface area contributed by atoms with Crippen molar-refractivity contribution in [2.24, 2.45) is 7.05 Å². The van der Waals surface area contributed by atoms with Gasteiger partial charge < -0.3 is 9.32 Å². The molecule has 0 N–H and O–H groups in total. The summed E-state index contributed by atoms with van der Waals surface area (Å²) in [6.45, 7) is 0.994. The van der Waals surface area contributed by atoms with Crippen LogP contribution in [0.3, 0.4) is 0 Å². The summed E-state index contributed by atoms with van der Waals surface area (Å²) in [4.78, 5) is 14.7. The van der Waals surface area contributed by atoms with E-state index in [1.807, 2.05) is 25.2 Å². The summed E-state index contributed by atoms with van der Waals surface area (Å²) in [6.07, 6.45) is 0.672. The first kappa shape index (κ1) is 18.2. The molecule has 0 fully saturated rings. The summed E-state index contributed by atoms with van der Waals surface area (Å²) < 4.78 is 21.6. The average molecular weight is 403 g/mol. The number of aryl methyl sites for hydroxylation is 1. The second kappa shape index (κ2) is 7.22. The first-order chi connectivity index (χ1) is 14.6. The summed E-state index contributed by atoms with van der Waals surface area (Å²) in [5, 5.41) is 12.6. The van der Waals surface area contributed by atoms with Gasteiger partial charge in [0, 0.05) is 36.8 Å². The Morgan fingerprint density at radius 3 is 2.57 bits per heavy atom. The maximum Gasteiger partial charge on any atom is 0.268 e. The molecule has 150 valence electrons. The Hall–Kier alpha value is -3.81. The molecule has 4 aromatic rings. The van der Waals surface area contributed by atoms with Crippen LogP contribution in [0.15, 0.2) is 59.0 Å². The van der Waals surface area contributed by atoms with Gasteiger partial charge in [-0.25, -0.2) is 4.39 Å². The molecule has 0 aliphatic carbocycles. The molecule has 0 atom stereocenters. The third-order valence-electron chi connectivity index (χ3n) is 5.28. The van der Waals surface area contributed by atoms with Crippen molar-refractivity contribution in [3.05, 3.63) is 77.2 Å². The van der Waals surface area contributed by atoms with E-state index in [0.29, 0.717) is 30.8 Å². The molecule has 0 saturated heterocycles. The van der Waals surface area contributed by atoms with Crippen LogP contribution in [0.2, 0.25) is 0 Å². The van der Waals surface area contributed by atoms with Crippen LogP contribution in [0, 0.1) is 5.82 Å². The minimum Gasteiger partial charge on any atom is -0.414 e. The van der Waals surface area contributed by atoms with E-state index in [1.165, 1.54) is 6.07 Å². The minimum absolute atomic E-state index is 0.0337. The highest BCUT2D eigenvalue weighted by Crippen LogP contribution is 2.31. The van der Waals surface area contributed by atoms with Crippen molar-refractivity contribution in [1.82, 2.24) is 24.9 Å². The zero-order valence-electron chi connectivity index (χ0n) is 16.2. The van der Waals surface area contributed by atoms with Gasteiger partial charge in [-0.1, -0.05) is 30.3 Å². The van der Waals surface area contributed by atoms with Crippen LogP contribution in [0.25, 0.3) is 23.0 Å². The first-order valence-corrected chi connectivity index (χ1v) is 9.59. The van der Waals surface area contributed by atoms with Crippen LogP contribution < -0.4 is 0 Å². The van der Waals surface area contributed by atoms with Gasteiger partial charge in [-0.3, -0.25) is 9.48 Å². The van der Waals surface area contributed by atoms with Crippen LogP contribution in [-0.2, 0) is 20.0 Å². The van der Waals surface area contributed by atoms with Crippen molar-refractivity contribution in [3.63, 3.8) is 0 Å². The average Bonchev–Trinajstić information content (AvgIpc) is 3.39. The monoisotopic (exact) mass is 403 g/mol. The molecule has 2 aromatic carbocycles. The van der Waals surface area contributed by atoms with E-state index in [4.69, 9.17) is 4.42 Å². The quantitative estimate of drug-likeness (QED) is 0.523. The number of nitrogens with zero attached hydrogens (tertiary/aromatic N) is 5. The predicted octanol–water partition coefficient (Wildman–Crippen LogP) is 3.47. The van der Waals surface area contributed by atoms with Crippen molar-refractivity contribution >= 4 is 5.91 Å². The van der Waals surface area contributed by atoms with Crippen LogP contribution in [-0.4, -0.2) is 37.3 Å². The van der Waals surface area contributed by atoms with E-state index in [2.05, 4.69) is 15.3 Å². The Morgan fingerprint density at radius 1 is 1.03 bits per heavy atom. The smallest absolute Gasteiger partial charge is 0.268 e. The Balaban J connectivity index is 1.48. The van der Waals surface area contributed by atoms with Crippen LogP contribution in [0.4, 0.5) is 4.39 Å². The Morgan fingerprint density at radius 2 is 1.77 bits per heavy atom. The summed E-state index contributed by atoms with van der Waals surface area (Å²) in [7, 11) is 1.85. The SMILES string of the molecule is Cn1nc(-c2nnc(-c3ccccc3F)o2)c2c1CCN(C(=O)c1ccccc1)C2. The fourth-order valence-corrected chi connectivity index (χ4v) is 3.76. The minimum atomic E-state index is -0.435. The number of amides is 1. The largest absolute Gasteiger partial charge is 0.414 e. The number of halogens is 1. The second-order valence-corrected chi connectivity index (χ2v) is 7.13. The standard InChI is InChI=1S/C22H18FN5O2/c1-27-18-11-12-28(22(29)14-7-3-2-4-8-14)13-16(18)19(26-27)21-25-24-20(30-21)15-9-5-6-10-17(15)23/h2-10H,11-13H2,1H3. The van der Waals surface area contributed by atoms with Gasteiger partial charge in [-0.15, -0.1) is 10.2 Å². The van der Waals surface area contributed by atoms with Crippen LogP contribution >= 0.6 is 0 Å². The molecule has 2 aromatic heterocycles. The number of carbonyl (C=O) groups excluding carboxylic acids is 1. The van der Waals surface area contributed by atoms with E-state index in [0.717, 1.165) is 11.3 Å². The van der Waals surface area contributed by atoms with Gasteiger partial charge in [0.05, 0.1) is 12.1 Å². The molecule has 8 heteroatoms. The molecule has 5 rings (SSSR count). The van der Waals surface area contributed by atoms with E-state index >= 15 is 0 Å². The molecule has 0 unspecified atom stereocenters. The predicted molar refractivity (Wildman–Crippen MR) is 107 cm³/mol. The highest BCUT2D eigenvalue weighted by atomic mass is 19.1. The van der Waals surface area contributed by atoms with Gasteiger partial charge in [0.15, 0.2) is 5.69 Å². The molecule has 0 saturated carbocycles. The van der Waals surface area contributed by atoms with Crippen molar-refractivity contribution in [1.29, 1.82) is 0 Å². The number of benzene rings is 2.